The van der Waals surface area contributed by atoms with Crippen LogP contribution in [0.4, 0.5) is 5.69 Å². The molecule has 1 saturated heterocycles. The lowest BCUT2D eigenvalue weighted by Crippen LogP contribution is -2.35. The molecule has 0 radical (unpaired) electrons. The normalized spacial score (nSPS) is 21.3. The van der Waals surface area contributed by atoms with Gasteiger partial charge in [0.1, 0.15) is 0 Å². The van der Waals surface area contributed by atoms with Crippen molar-refractivity contribution in [2.24, 2.45) is 0 Å². The summed E-state index contributed by atoms with van der Waals surface area (Å²) in [5.74, 6) is 1.26. The van der Waals surface area contributed by atoms with Crippen molar-refractivity contribution in [3.8, 4) is 0 Å². The van der Waals surface area contributed by atoms with E-state index in [1.165, 1.54) is 6.42 Å². The van der Waals surface area contributed by atoms with Gasteiger partial charge in [-0.15, -0.1) is 11.8 Å². The minimum Gasteiger partial charge on any atom is -0.399 e. The average Bonchev–Trinajstić information content (AvgIpc) is 2.39. The number of benzene rings is 1. The Bertz CT molecular complexity index is 416. The summed E-state index contributed by atoms with van der Waals surface area (Å²) in [6, 6.07) is 7.70. The molecule has 0 bridgehead atoms. The van der Waals surface area contributed by atoms with Crippen LogP contribution in [0.1, 0.15) is 37.8 Å². The Labute approximate surface area is 113 Å². The predicted molar refractivity (Wildman–Crippen MR) is 77.5 cm³/mol. The van der Waals surface area contributed by atoms with E-state index in [1.54, 1.807) is 11.8 Å². The molecule has 3 N–H and O–H groups in total. The van der Waals surface area contributed by atoms with Gasteiger partial charge in [0, 0.05) is 5.69 Å². The van der Waals surface area contributed by atoms with Crippen LogP contribution in [-0.2, 0) is 4.79 Å². The molecule has 1 aliphatic rings. The molecule has 0 aromatic heterocycles. The molecule has 2 atom stereocenters. The van der Waals surface area contributed by atoms with E-state index in [-0.39, 0.29) is 17.2 Å². The second-order valence-corrected chi connectivity index (χ2v) is 6.07. The van der Waals surface area contributed by atoms with Crippen LogP contribution in [0, 0.1) is 0 Å². The van der Waals surface area contributed by atoms with Crippen LogP contribution in [0.2, 0.25) is 0 Å². The summed E-state index contributed by atoms with van der Waals surface area (Å²) < 4.78 is 0. The van der Waals surface area contributed by atoms with Crippen LogP contribution in [0.15, 0.2) is 24.3 Å². The second-order valence-electron chi connectivity index (χ2n) is 4.76. The molecule has 1 aromatic rings. The standard InChI is InChI=1S/C14H20N2OS/c1-10(11-5-4-6-12(15)9-11)16-14(17)13-7-2-3-8-18-13/h4-6,9-10,13H,2-3,7-8,15H2,1H3,(H,16,17). The molecule has 1 aliphatic heterocycles. The molecule has 3 nitrogen and oxygen atoms in total. The first-order valence-electron chi connectivity index (χ1n) is 6.44. The topological polar surface area (TPSA) is 55.1 Å². The molecule has 4 heteroatoms. The maximum Gasteiger partial charge on any atom is 0.233 e. The van der Waals surface area contributed by atoms with Gasteiger partial charge in [0.05, 0.1) is 11.3 Å². The van der Waals surface area contributed by atoms with Gasteiger partial charge >= 0.3 is 0 Å². The smallest absolute Gasteiger partial charge is 0.233 e. The molecule has 1 aromatic carbocycles. The SMILES string of the molecule is CC(NC(=O)C1CCCCS1)c1cccc(N)c1. The molecule has 1 fully saturated rings. The lowest BCUT2D eigenvalue weighted by molar-refractivity contribution is -0.121. The van der Waals surface area contributed by atoms with Crippen LogP contribution in [0.25, 0.3) is 0 Å². The van der Waals surface area contributed by atoms with E-state index in [1.807, 2.05) is 31.2 Å². The van der Waals surface area contributed by atoms with Crippen LogP contribution < -0.4 is 11.1 Å². The Morgan fingerprint density at radius 2 is 2.33 bits per heavy atom. The van der Waals surface area contributed by atoms with Gasteiger partial charge in [-0.05, 0) is 43.2 Å². The number of amides is 1. The van der Waals surface area contributed by atoms with Crippen LogP contribution >= 0.6 is 11.8 Å². The number of carbonyl (C=O) groups excluding carboxylic acids is 1. The molecule has 0 aliphatic carbocycles. The highest BCUT2D eigenvalue weighted by Crippen LogP contribution is 2.26. The number of carbonyl (C=O) groups is 1. The highest BCUT2D eigenvalue weighted by Gasteiger charge is 2.23. The van der Waals surface area contributed by atoms with E-state index in [4.69, 9.17) is 5.73 Å². The van der Waals surface area contributed by atoms with Crippen LogP contribution in [0.3, 0.4) is 0 Å². The number of anilines is 1. The second kappa shape index (κ2) is 6.14. The summed E-state index contributed by atoms with van der Waals surface area (Å²) in [5.41, 5.74) is 7.55. The zero-order valence-electron chi connectivity index (χ0n) is 10.7. The van der Waals surface area contributed by atoms with Crippen LogP contribution in [0.5, 0.6) is 0 Å². The quantitative estimate of drug-likeness (QED) is 0.825. The van der Waals surface area contributed by atoms with Crippen molar-refractivity contribution in [2.45, 2.75) is 37.5 Å². The molecule has 98 valence electrons. The molecule has 0 spiro atoms. The first-order chi connectivity index (χ1) is 8.66. The van der Waals surface area contributed by atoms with E-state index in [9.17, 15) is 4.79 Å². The van der Waals surface area contributed by atoms with Gasteiger partial charge in [0.25, 0.3) is 0 Å². The van der Waals surface area contributed by atoms with E-state index in [0.29, 0.717) is 0 Å². The Hall–Kier alpha value is -1.16. The largest absolute Gasteiger partial charge is 0.399 e. The summed E-state index contributed by atoms with van der Waals surface area (Å²) in [5, 5.41) is 3.20. The zero-order valence-corrected chi connectivity index (χ0v) is 11.5. The van der Waals surface area contributed by atoms with Crippen molar-refractivity contribution in [3.05, 3.63) is 29.8 Å². The number of thioether (sulfide) groups is 1. The maximum atomic E-state index is 12.1. The van der Waals surface area contributed by atoms with Gasteiger partial charge in [0.15, 0.2) is 0 Å². The fourth-order valence-corrected chi connectivity index (χ4v) is 3.37. The monoisotopic (exact) mass is 264 g/mol. The van der Waals surface area contributed by atoms with Gasteiger partial charge in [0.2, 0.25) is 5.91 Å². The third-order valence-electron chi connectivity index (χ3n) is 3.24. The summed E-state index contributed by atoms with van der Waals surface area (Å²) >= 11 is 1.77. The summed E-state index contributed by atoms with van der Waals surface area (Å²) in [6.07, 6.45) is 3.40. The van der Waals surface area contributed by atoms with Gasteiger partial charge < -0.3 is 11.1 Å². The fourth-order valence-electron chi connectivity index (χ4n) is 2.17. The Morgan fingerprint density at radius 1 is 1.50 bits per heavy atom. The van der Waals surface area contributed by atoms with Gasteiger partial charge in [-0.1, -0.05) is 18.6 Å². The average molecular weight is 264 g/mol. The fraction of sp³-hybridized carbons (Fsp3) is 0.500. The molecule has 2 unspecified atom stereocenters. The number of nitrogens with one attached hydrogen (secondary N) is 1. The van der Waals surface area contributed by atoms with Gasteiger partial charge in [-0.25, -0.2) is 0 Å². The Balaban J connectivity index is 1.94. The van der Waals surface area contributed by atoms with Crippen molar-refractivity contribution in [3.63, 3.8) is 0 Å². The van der Waals surface area contributed by atoms with Gasteiger partial charge in [-0.3, -0.25) is 4.79 Å². The number of rotatable bonds is 3. The van der Waals surface area contributed by atoms with E-state index < -0.39 is 0 Å². The number of nitrogens with two attached hydrogens (primary N) is 1. The molecule has 0 saturated carbocycles. The minimum atomic E-state index is 0.0172. The lowest BCUT2D eigenvalue weighted by atomic mass is 10.1. The Kier molecular flexibility index (Phi) is 4.53. The van der Waals surface area contributed by atoms with E-state index >= 15 is 0 Å². The van der Waals surface area contributed by atoms with Crippen molar-refractivity contribution in [1.82, 2.24) is 5.32 Å². The first-order valence-corrected chi connectivity index (χ1v) is 7.49. The van der Waals surface area contributed by atoms with Crippen molar-refractivity contribution < 1.29 is 4.79 Å². The van der Waals surface area contributed by atoms with Gasteiger partial charge in [-0.2, -0.15) is 0 Å². The molecular weight excluding hydrogens is 244 g/mol. The number of hydrogen-bond acceptors (Lipinski definition) is 3. The molecule has 1 heterocycles. The summed E-state index contributed by atoms with van der Waals surface area (Å²) in [4.78, 5) is 12.1. The Morgan fingerprint density at radius 3 is 3.00 bits per heavy atom. The van der Waals surface area contributed by atoms with Crippen LogP contribution in [-0.4, -0.2) is 16.9 Å². The summed E-state index contributed by atoms with van der Waals surface area (Å²) in [7, 11) is 0. The zero-order chi connectivity index (χ0) is 13.0. The maximum absolute atomic E-state index is 12.1. The van der Waals surface area contributed by atoms with Crippen molar-refractivity contribution in [1.29, 1.82) is 0 Å². The molecular formula is C14H20N2OS. The minimum absolute atomic E-state index is 0.0172. The van der Waals surface area contributed by atoms with E-state index in [0.717, 1.165) is 29.8 Å². The van der Waals surface area contributed by atoms with Crippen molar-refractivity contribution >= 4 is 23.4 Å². The number of hydrogen-bond donors (Lipinski definition) is 2. The van der Waals surface area contributed by atoms with Crippen molar-refractivity contribution in [2.75, 3.05) is 11.5 Å². The van der Waals surface area contributed by atoms with E-state index in [2.05, 4.69) is 5.32 Å². The third kappa shape index (κ3) is 3.42. The first kappa shape index (κ1) is 13.3. The predicted octanol–water partition coefficient (Wildman–Crippen LogP) is 2.73. The number of nitrogen functional groups attached to an aromatic ring is 1. The highest BCUT2D eigenvalue weighted by molar-refractivity contribution is 8.00. The third-order valence-corrected chi connectivity index (χ3v) is 4.62. The highest BCUT2D eigenvalue weighted by atomic mass is 32.2. The summed E-state index contributed by atoms with van der Waals surface area (Å²) in [6.45, 7) is 2.00. The molecule has 2 rings (SSSR count). The molecule has 1 amide bonds. The molecule has 18 heavy (non-hydrogen) atoms. The lowest BCUT2D eigenvalue weighted by Gasteiger charge is -2.23.